The molecule has 2 aromatic carbocycles. The molecule has 0 bridgehead atoms. The van der Waals surface area contributed by atoms with E-state index in [1.165, 1.54) is 11.1 Å². The van der Waals surface area contributed by atoms with Gasteiger partial charge in [-0.15, -0.1) is 0 Å². The van der Waals surface area contributed by atoms with Gasteiger partial charge in [0.25, 0.3) is 11.8 Å². The van der Waals surface area contributed by atoms with Crippen LogP contribution in [0.4, 0.5) is 5.69 Å². The topological polar surface area (TPSA) is 69.6 Å². The maximum Gasteiger partial charge on any atom is 0.282 e. The highest BCUT2D eigenvalue weighted by atomic mass is 127. The van der Waals surface area contributed by atoms with Crippen LogP contribution in [-0.4, -0.2) is 16.9 Å². The van der Waals surface area contributed by atoms with Gasteiger partial charge in [-0.3, -0.25) is 15.0 Å². The fraction of sp³-hybridized carbons (Fsp3) is 0. The average molecular weight is 532 g/mol. The van der Waals surface area contributed by atoms with Crippen LogP contribution in [0.15, 0.2) is 48.0 Å². The number of benzene rings is 2. The van der Waals surface area contributed by atoms with Gasteiger partial charge >= 0.3 is 0 Å². The first-order valence-electron chi connectivity index (χ1n) is 6.57. The van der Waals surface area contributed by atoms with Crippen molar-refractivity contribution in [3.8, 4) is 5.75 Å². The van der Waals surface area contributed by atoms with Crippen LogP contribution in [0.3, 0.4) is 0 Å². The lowest BCUT2D eigenvalue weighted by Gasteiger charge is -2.13. The van der Waals surface area contributed by atoms with Crippen LogP contribution in [0.2, 0.25) is 0 Å². The largest absolute Gasteiger partial charge is 0.506 e. The van der Waals surface area contributed by atoms with E-state index in [1.54, 1.807) is 30.3 Å². The number of hydrazine groups is 1. The minimum atomic E-state index is -0.493. The van der Waals surface area contributed by atoms with E-state index in [4.69, 9.17) is 0 Å². The summed E-state index contributed by atoms with van der Waals surface area (Å²) in [7, 11) is 0. The van der Waals surface area contributed by atoms with Crippen molar-refractivity contribution >= 4 is 68.8 Å². The Balaban J connectivity index is 2.01. The number of phenols is 1. The first kappa shape index (κ1) is 16.2. The second-order valence-electron chi connectivity index (χ2n) is 4.80. The molecule has 1 fully saturated rings. The molecule has 5 nitrogen and oxygen atoms in total. The summed E-state index contributed by atoms with van der Waals surface area (Å²) in [6, 6.07) is 12.4. The highest BCUT2D eigenvalue weighted by Crippen LogP contribution is 2.30. The Kier molecular flexibility index (Phi) is 4.57. The van der Waals surface area contributed by atoms with Crippen molar-refractivity contribution < 1.29 is 14.7 Å². The number of hydrogen-bond donors (Lipinski definition) is 2. The number of halogens is 2. The number of carbonyl (C=O) groups excluding carboxylic acids is 2. The second kappa shape index (κ2) is 6.48. The van der Waals surface area contributed by atoms with Crippen molar-refractivity contribution in [1.29, 1.82) is 0 Å². The highest BCUT2D eigenvalue weighted by molar-refractivity contribution is 14.1. The Labute approximate surface area is 159 Å². The molecule has 2 amide bonds. The smallest absolute Gasteiger partial charge is 0.282 e. The molecule has 0 aliphatic carbocycles. The molecule has 0 aromatic heterocycles. The SMILES string of the molecule is O=C1NN(c2ccccc2)C(=O)/C1=C\c1cc(I)cc(I)c1O. The number of nitrogens with zero attached hydrogens (tertiary/aromatic N) is 1. The van der Waals surface area contributed by atoms with E-state index in [-0.39, 0.29) is 11.3 Å². The van der Waals surface area contributed by atoms with E-state index in [2.05, 4.69) is 28.0 Å². The fourth-order valence-corrected chi connectivity index (χ4v) is 4.06. The average Bonchev–Trinajstić information content (AvgIpc) is 2.81. The molecule has 0 spiro atoms. The van der Waals surface area contributed by atoms with Crippen LogP contribution in [0.5, 0.6) is 5.75 Å². The zero-order chi connectivity index (χ0) is 16.6. The maximum atomic E-state index is 12.5. The van der Waals surface area contributed by atoms with E-state index in [1.807, 2.05) is 34.7 Å². The number of carbonyl (C=O) groups is 2. The van der Waals surface area contributed by atoms with Gasteiger partial charge in [0.15, 0.2) is 0 Å². The van der Waals surface area contributed by atoms with E-state index in [9.17, 15) is 14.7 Å². The molecule has 23 heavy (non-hydrogen) atoms. The van der Waals surface area contributed by atoms with Gasteiger partial charge in [-0.05, 0) is 75.5 Å². The molecule has 0 atom stereocenters. The Bertz CT molecular complexity index is 835. The summed E-state index contributed by atoms with van der Waals surface area (Å²) in [5.41, 5.74) is 3.54. The number of phenolic OH excluding ortho intramolecular Hbond substituents is 1. The number of amides is 2. The van der Waals surface area contributed by atoms with Crippen LogP contribution >= 0.6 is 45.2 Å². The third-order valence-corrected chi connectivity index (χ3v) is 4.71. The second-order valence-corrected chi connectivity index (χ2v) is 7.21. The summed E-state index contributed by atoms with van der Waals surface area (Å²) in [5, 5.41) is 11.3. The molecular weight excluding hydrogens is 522 g/mol. The normalized spacial score (nSPS) is 16.1. The summed E-state index contributed by atoms with van der Waals surface area (Å²) in [6.07, 6.45) is 1.42. The van der Waals surface area contributed by atoms with E-state index in [0.717, 1.165) is 3.57 Å². The molecule has 1 aliphatic heterocycles. The van der Waals surface area contributed by atoms with Crippen molar-refractivity contribution in [3.05, 3.63) is 60.7 Å². The number of anilines is 1. The van der Waals surface area contributed by atoms with Gasteiger partial charge in [-0.1, -0.05) is 18.2 Å². The number of para-hydroxylation sites is 1. The fourth-order valence-electron chi connectivity index (χ4n) is 2.17. The van der Waals surface area contributed by atoms with Gasteiger partial charge < -0.3 is 5.11 Å². The molecule has 1 saturated heterocycles. The van der Waals surface area contributed by atoms with Gasteiger partial charge in [0, 0.05) is 9.13 Å². The molecule has 1 aliphatic rings. The van der Waals surface area contributed by atoms with Crippen molar-refractivity contribution in [2.75, 3.05) is 5.01 Å². The van der Waals surface area contributed by atoms with Crippen molar-refractivity contribution in [2.45, 2.75) is 0 Å². The van der Waals surface area contributed by atoms with Crippen LogP contribution in [-0.2, 0) is 9.59 Å². The third-order valence-electron chi connectivity index (χ3n) is 3.26. The number of rotatable bonds is 2. The first-order valence-corrected chi connectivity index (χ1v) is 8.73. The van der Waals surface area contributed by atoms with Crippen LogP contribution in [0.25, 0.3) is 6.08 Å². The molecule has 0 unspecified atom stereocenters. The molecule has 2 aromatic rings. The quantitative estimate of drug-likeness (QED) is 0.355. The molecule has 116 valence electrons. The standard InChI is InChI=1S/C16H10I2N2O3/c17-10-6-9(14(21)13(18)8-10)7-12-15(22)19-20(16(12)23)11-4-2-1-3-5-11/h1-8,21H,(H,19,22)/b12-7-. The molecule has 1 heterocycles. The minimum absolute atomic E-state index is 0.0121. The highest BCUT2D eigenvalue weighted by Gasteiger charge is 2.34. The number of nitrogens with one attached hydrogen (secondary N) is 1. The minimum Gasteiger partial charge on any atom is -0.506 e. The summed E-state index contributed by atoms with van der Waals surface area (Å²) in [5.74, 6) is -0.890. The van der Waals surface area contributed by atoms with E-state index in [0.29, 0.717) is 14.8 Å². The van der Waals surface area contributed by atoms with Crippen molar-refractivity contribution in [3.63, 3.8) is 0 Å². The van der Waals surface area contributed by atoms with Gasteiger partial charge in [-0.2, -0.15) is 0 Å². The zero-order valence-corrected chi connectivity index (χ0v) is 15.9. The number of aromatic hydroxyl groups is 1. The maximum absolute atomic E-state index is 12.5. The first-order chi connectivity index (χ1) is 11.0. The van der Waals surface area contributed by atoms with Crippen LogP contribution in [0, 0.1) is 7.14 Å². The van der Waals surface area contributed by atoms with Gasteiger partial charge in [0.2, 0.25) is 0 Å². The predicted octanol–water partition coefficient (Wildman–Crippen LogP) is 3.06. The lowest BCUT2D eigenvalue weighted by Crippen LogP contribution is -2.35. The van der Waals surface area contributed by atoms with Gasteiger partial charge in [0.1, 0.15) is 11.3 Å². The molecule has 2 N–H and O–H groups in total. The van der Waals surface area contributed by atoms with E-state index >= 15 is 0 Å². The van der Waals surface area contributed by atoms with Gasteiger partial charge in [0.05, 0.1) is 9.26 Å². The molecule has 3 rings (SSSR count). The summed E-state index contributed by atoms with van der Waals surface area (Å²) < 4.78 is 1.56. The monoisotopic (exact) mass is 532 g/mol. The molecule has 0 radical (unpaired) electrons. The molecule has 7 heteroatoms. The van der Waals surface area contributed by atoms with E-state index < -0.39 is 11.8 Å². The van der Waals surface area contributed by atoms with Crippen LogP contribution < -0.4 is 10.4 Å². The Morgan fingerprint density at radius 2 is 1.78 bits per heavy atom. The summed E-state index contributed by atoms with van der Waals surface area (Å²) >= 11 is 4.12. The Morgan fingerprint density at radius 1 is 1.09 bits per heavy atom. The molecular formula is C16H10I2N2O3. The van der Waals surface area contributed by atoms with Crippen molar-refractivity contribution in [1.82, 2.24) is 5.43 Å². The molecule has 0 saturated carbocycles. The van der Waals surface area contributed by atoms with Crippen LogP contribution in [0.1, 0.15) is 5.56 Å². The Hall–Kier alpha value is -1.62. The predicted molar refractivity (Wildman–Crippen MR) is 104 cm³/mol. The zero-order valence-electron chi connectivity index (χ0n) is 11.6. The summed E-state index contributed by atoms with van der Waals surface area (Å²) in [6.45, 7) is 0. The Morgan fingerprint density at radius 3 is 2.48 bits per heavy atom. The number of hydrogen-bond acceptors (Lipinski definition) is 3. The third kappa shape index (κ3) is 3.20. The van der Waals surface area contributed by atoms with Gasteiger partial charge in [-0.25, -0.2) is 5.01 Å². The lowest BCUT2D eigenvalue weighted by atomic mass is 10.1. The summed E-state index contributed by atoms with van der Waals surface area (Å²) in [4.78, 5) is 24.6. The van der Waals surface area contributed by atoms with Crippen molar-refractivity contribution in [2.24, 2.45) is 0 Å². The lowest BCUT2D eigenvalue weighted by molar-refractivity contribution is -0.117.